The van der Waals surface area contributed by atoms with Crippen LogP contribution in [-0.2, 0) is 4.79 Å². The average Bonchev–Trinajstić information content (AvgIpc) is 2.52. The number of hydrogen-bond acceptors (Lipinski definition) is 4. The van der Waals surface area contributed by atoms with Gasteiger partial charge in [0.15, 0.2) is 6.61 Å². The summed E-state index contributed by atoms with van der Waals surface area (Å²) in [6, 6.07) is 10.6. The molecule has 23 heavy (non-hydrogen) atoms. The molecule has 0 unspecified atom stereocenters. The lowest BCUT2D eigenvalue weighted by atomic mass is 10.1. The molecule has 0 radical (unpaired) electrons. The lowest BCUT2D eigenvalue weighted by molar-refractivity contribution is -0.123. The van der Waals surface area contributed by atoms with E-state index in [1.807, 2.05) is 32.0 Å². The van der Waals surface area contributed by atoms with E-state index in [0.29, 0.717) is 11.3 Å². The van der Waals surface area contributed by atoms with Crippen molar-refractivity contribution in [1.82, 2.24) is 5.43 Å². The van der Waals surface area contributed by atoms with Gasteiger partial charge in [-0.3, -0.25) is 4.79 Å². The highest BCUT2D eigenvalue weighted by molar-refractivity contribution is 9.10. The van der Waals surface area contributed by atoms with Gasteiger partial charge in [0, 0.05) is 10.0 Å². The second-order valence-corrected chi connectivity index (χ2v) is 5.90. The molecule has 2 N–H and O–H groups in total. The van der Waals surface area contributed by atoms with E-state index in [2.05, 4.69) is 26.5 Å². The summed E-state index contributed by atoms with van der Waals surface area (Å²) >= 11 is 3.30. The molecule has 2 aromatic carbocycles. The fourth-order valence-corrected chi connectivity index (χ4v) is 2.24. The number of carbonyl (C=O) groups excluding carboxylic acids is 1. The summed E-state index contributed by atoms with van der Waals surface area (Å²) in [4.78, 5) is 11.7. The van der Waals surface area contributed by atoms with E-state index in [1.165, 1.54) is 12.3 Å². The number of rotatable bonds is 5. The number of aryl methyl sites for hydroxylation is 1. The third kappa shape index (κ3) is 4.82. The molecule has 120 valence electrons. The normalized spacial score (nSPS) is 10.7. The van der Waals surface area contributed by atoms with Gasteiger partial charge in [-0.25, -0.2) is 5.43 Å². The maximum Gasteiger partial charge on any atom is 0.277 e. The first-order chi connectivity index (χ1) is 11.0. The van der Waals surface area contributed by atoms with Crippen molar-refractivity contribution in [2.45, 2.75) is 13.8 Å². The topological polar surface area (TPSA) is 70.9 Å². The average molecular weight is 377 g/mol. The van der Waals surface area contributed by atoms with Crippen LogP contribution in [0.5, 0.6) is 11.5 Å². The van der Waals surface area contributed by atoms with Crippen LogP contribution < -0.4 is 10.2 Å². The number of ether oxygens (including phenoxy) is 1. The standard InChI is InChI=1S/C17H17BrN2O3/c1-11-4-3-5-16(12(11)2)23-10-17(22)20-19-9-13-8-14(18)6-7-15(13)21/h3-9,21H,10H2,1-2H3,(H,20,22)/b19-9+. The van der Waals surface area contributed by atoms with Gasteiger partial charge in [0.1, 0.15) is 11.5 Å². The molecule has 0 aliphatic rings. The Hall–Kier alpha value is -2.34. The highest BCUT2D eigenvalue weighted by Crippen LogP contribution is 2.21. The first-order valence-corrected chi connectivity index (χ1v) is 7.76. The summed E-state index contributed by atoms with van der Waals surface area (Å²) in [6.07, 6.45) is 1.37. The van der Waals surface area contributed by atoms with Crippen LogP contribution in [0, 0.1) is 13.8 Å². The molecule has 0 spiro atoms. The Morgan fingerprint density at radius 1 is 1.35 bits per heavy atom. The van der Waals surface area contributed by atoms with Crippen LogP contribution in [0.1, 0.15) is 16.7 Å². The van der Waals surface area contributed by atoms with Crippen molar-refractivity contribution in [3.8, 4) is 11.5 Å². The van der Waals surface area contributed by atoms with Gasteiger partial charge in [-0.15, -0.1) is 0 Å². The van der Waals surface area contributed by atoms with Gasteiger partial charge >= 0.3 is 0 Å². The first-order valence-electron chi connectivity index (χ1n) is 6.97. The smallest absolute Gasteiger partial charge is 0.277 e. The predicted octanol–water partition coefficient (Wildman–Crippen LogP) is 3.30. The highest BCUT2D eigenvalue weighted by atomic mass is 79.9. The van der Waals surface area contributed by atoms with E-state index in [0.717, 1.165) is 15.6 Å². The SMILES string of the molecule is Cc1cccc(OCC(=O)N/N=C/c2cc(Br)ccc2O)c1C. The molecular weight excluding hydrogens is 360 g/mol. The lowest BCUT2D eigenvalue weighted by Crippen LogP contribution is -2.24. The molecule has 0 fully saturated rings. The fraction of sp³-hybridized carbons (Fsp3) is 0.176. The van der Waals surface area contributed by atoms with E-state index >= 15 is 0 Å². The molecule has 0 heterocycles. The second kappa shape index (κ2) is 7.78. The molecule has 5 nitrogen and oxygen atoms in total. The van der Waals surface area contributed by atoms with Crippen LogP contribution in [0.3, 0.4) is 0 Å². The summed E-state index contributed by atoms with van der Waals surface area (Å²) in [5.41, 5.74) is 4.96. The molecule has 6 heteroatoms. The van der Waals surface area contributed by atoms with Crippen LogP contribution in [0.15, 0.2) is 46.0 Å². The van der Waals surface area contributed by atoms with Gasteiger partial charge in [0.05, 0.1) is 6.21 Å². The quantitative estimate of drug-likeness (QED) is 0.621. The number of benzene rings is 2. The monoisotopic (exact) mass is 376 g/mol. The highest BCUT2D eigenvalue weighted by Gasteiger charge is 2.05. The number of nitrogens with zero attached hydrogens (tertiary/aromatic N) is 1. The maximum absolute atomic E-state index is 11.7. The van der Waals surface area contributed by atoms with Crippen LogP contribution in [0.4, 0.5) is 0 Å². The maximum atomic E-state index is 11.7. The Bertz CT molecular complexity index is 745. The zero-order valence-corrected chi connectivity index (χ0v) is 14.4. The summed E-state index contributed by atoms with van der Waals surface area (Å²) in [5.74, 6) is 0.378. The minimum atomic E-state index is -0.378. The zero-order chi connectivity index (χ0) is 16.8. The molecule has 0 bridgehead atoms. The summed E-state index contributed by atoms with van der Waals surface area (Å²) in [5, 5.41) is 13.5. The molecule has 0 aliphatic heterocycles. The molecule has 0 aliphatic carbocycles. The Morgan fingerprint density at radius 2 is 2.13 bits per heavy atom. The van der Waals surface area contributed by atoms with Crippen LogP contribution in [0.25, 0.3) is 0 Å². The largest absolute Gasteiger partial charge is 0.507 e. The van der Waals surface area contributed by atoms with Crippen molar-refractivity contribution in [2.24, 2.45) is 5.10 Å². The molecule has 0 saturated heterocycles. The molecule has 2 rings (SSSR count). The number of hydrogen-bond donors (Lipinski definition) is 2. The van der Waals surface area contributed by atoms with Crippen molar-refractivity contribution < 1.29 is 14.6 Å². The summed E-state index contributed by atoms with van der Waals surface area (Å²) in [6.45, 7) is 3.79. The number of phenols is 1. The van der Waals surface area contributed by atoms with Crippen molar-refractivity contribution in [3.63, 3.8) is 0 Å². The van der Waals surface area contributed by atoms with Gasteiger partial charge < -0.3 is 9.84 Å². The predicted molar refractivity (Wildman–Crippen MR) is 93.0 cm³/mol. The lowest BCUT2D eigenvalue weighted by Gasteiger charge is -2.09. The van der Waals surface area contributed by atoms with E-state index in [4.69, 9.17) is 4.74 Å². The Labute approximate surface area is 143 Å². The van der Waals surface area contributed by atoms with Gasteiger partial charge in [0.25, 0.3) is 5.91 Å². The number of hydrazone groups is 1. The fourth-order valence-electron chi connectivity index (χ4n) is 1.86. The second-order valence-electron chi connectivity index (χ2n) is 4.98. The van der Waals surface area contributed by atoms with Crippen LogP contribution >= 0.6 is 15.9 Å². The third-order valence-electron chi connectivity index (χ3n) is 3.30. The molecule has 0 saturated carbocycles. The van der Waals surface area contributed by atoms with E-state index in [9.17, 15) is 9.90 Å². The Kier molecular flexibility index (Phi) is 5.76. The van der Waals surface area contributed by atoms with Gasteiger partial charge in [-0.2, -0.15) is 5.10 Å². The molecule has 1 amide bonds. The Morgan fingerprint density at radius 3 is 2.91 bits per heavy atom. The summed E-state index contributed by atoms with van der Waals surface area (Å²) < 4.78 is 6.29. The zero-order valence-electron chi connectivity index (χ0n) is 12.8. The Balaban J connectivity index is 1.89. The molecule has 0 aromatic heterocycles. The van der Waals surface area contributed by atoms with Gasteiger partial charge in [-0.05, 0) is 49.2 Å². The first kappa shape index (κ1) is 17.0. The van der Waals surface area contributed by atoms with Gasteiger partial charge in [0.2, 0.25) is 0 Å². The van der Waals surface area contributed by atoms with Crippen LogP contribution in [0.2, 0.25) is 0 Å². The number of carbonyl (C=O) groups is 1. The number of nitrogens with one attached hydrogen (secondary N) is 1. The molecular formula is C17H17BrN2O3. The number of halogens is 1. The number of aromatic hydroxyl groups is 1. The third-order valence-corrected chi connectivity index (χ3v) is 3.79. The summed E-state index contributed by atoms with van der Waals surface area (Å²) in [7, 11) is 0. The van der Waals surface area contributed by atoms with Crippen molar-refractivity contribution >= 4 is 28.1 Å². The van der Waals surface area contributed by atoms with E-state index in [1.54, 1.807) is 12.1 Å². The minimum Gasteiger partial charge on any atom is -0.507 e. The molecule has 2 aromatic rings. The van der Waals surface area contributed by atoms with Crippen LogP contribution in [-0.4, -0.2) is 23.8 Å². The van der Waals surface area contributed by atoms with Crippen molar-refractivity contribution in [2.75, 3.05) is 6.61 Å². The minimum absolute atomic E-state index is 0.0813. The van der Waals surface area contributed by atoms with E-state index < -0.39 is 0 Å². The number of phenolic OH excluding ortho intramolecular Hbond substituents is 1. The van der Waals surface area contributed by atoms with E-state index in [-0.39, 0.29) is 18.3 Å². The number of amides is 1. The van der Waals surface area contributed by atoms with Crippen molar-refractivity contribution in [3.05, 3.63) is 57.6 Å². The molecule has 0 atom stereocenters. The van der Waals surface area contributed by atoms with Crippen molar-refractivity contribution in [1.29, 1.82) is 0 Å². The van der Waals surface area contributed by atoms with Gasteiger partial charge in [-0.1, -0.05) is 28.1 Å².